The number of amides is 2. The lowest BCUT2D eigenvalue weighted by atomic mass is 10.0. The molecular formula is C35H51N3O6. The first kappa shape index (κ1) is 33.7. The van der Waals surface area contributed by atoms with Crippen molar-refractivity contribution in [3.8, 4) is 0 Å². The van der Waals surface area contributed by atoms with Crippen LogP contribution in [0.5, 0.6) is 0 Å². The highest BCUT2D eigenvalue weighted by atomic mass is 16.6. The molecule has 4 rings (SSSR count). The van der Waals surface area contributed by atoms with Gasteiger partial charge in [0.15, 0.2) is 0 Å². The van der Waals surface area contributed by atoms with Crippen molar-refractivity contribution in [3.63, 3.8) is 0 Å². The Morgan fingerprint density at radius 1 is 0.727 bits per heavy atom. The molecule has 2 fully saturated rings. The number of hydrogen-bond acceptors (Lipinski definition) is 7. The molecule has 9 nitrogen and oxygen atoms in total. The molecule has 242 valence electrons. The molecule has 44 heavy (non-hydrogen) atoms. The summed E-state index contributed by atoms with van der Waals surface area (Å²) in [7, 11) is 0. The van der Waals surface area contributed by atoms with Gasteiger partial charge in [0.25, 0.3) is 0 Å². The minimum Gasteiger partial charge on any atom is -0.449 e. The Kier molecular flexibility index (Phi) is 10.3. The summed E-state index contributed by atoms with van der Waals surface area (Å²) in [4.78, 5) is 32.4. The van der Waals surface area contributed by atoms with Gasteiger partial charge in [0.2, 0.25) is 0 Å². The van der Waals surface area contributed by atoms with Crippen LogP contribution in [0.15, 0.2) is 60.7 Å². The molecule has 0 bridgehead atoms. The van der Waals surface area contributed by atoms with Gasteiger partial charge in [0.05, 0.1) is 30.9 Å². The zero-order chi connectivity index (χ0) is 32.2. The van der Waals surface area contributed by atoms with Gasteiger partial charge in [-0.25, -0.2) is 9.59 Å². The molecule has 2 amide bonds. The molecule has 2 aliphatic rings. The molecule has 0 N–H and O–H groups in total. The third-order valence-corrected chi connectivity index (χ3v) is 8.49. The van der Waals surface area contributed by atoms with E-state index in [1.165, 1.54) is 11.1 Å². The molecular weight excluding hydrogens is 558 g/mol. The van der Waals surface area contributed by atoms with Crippen LogP contribution in [0.1, 0.15) is 79.4 Å². The van der Waals surface area contributed by atoms with E-state index in [-0.39, 0.29) is 25.3 Å². The van der Waals surface area contributed by atoms with E-state index < -0.39 is 28.6 Å². The summed E-state index contributed by atoms with van der Waals surface area (Å²) >= 11 is 0. The van der Waals surface area contributed by atoms with E-state index in [9.17, 15) is 9.59 Å². The predicted molar refractivity (Wildman–Crippen MR) is 170 cm³/mol. The molecule has 0 saturated carbocycles. The van der Waals surface area contributed by atoms with Crippen LogP contribution >= 0.6 is 0 Å². The topological polar surface area (TPSA) is 80.8 Å². The molecule has 0 aliphatic carbocycles. The standard InChI is InChI=1S/C35H51N3O6/c1-32(2)25-43-34(5,6)37(32)30(39)41-21-15-20-29(24-42-31(40)38-33(3,4)26-44-35(38,7)8)36(22-27-16-11-9-12-17-27)23-28-18-13-10-14-19-28/h9-14,16-19,29H,15,20-26H2,1-8H3/t29-/m0/s1. The molecule has 9 heteroatoms. The van der Waals surface area contributed by atoms with Crippen LogP contribution in [0.3, 0.4) is 0 Å². The number of hydrogen-bond donors (Lipinski definition) is 0. The molecule has 2 saturated heterocycles. The summed E-state index contributed by atoms with van der Waals surface area (Å²) in [6.07, 6.45) is 0.483. The quantitative estimate of drug-likeness (QED) is 0.259. The fourth-order valence-electron chi connectivity index (χ4n) is 6.45. The largest absolute Gasteiger partial charge is 0.449 e. The maximum Gasteiger partial charge on any atom is 0.412 e. The number of ether oxygens (including phenoxy) is 4. The summed E-state index contributed by atoms with van der Waals surface area (Å²) in [5.41, 5.74) is -0.113. The molecule has 2 heterocycles. The molecule has 1 atom stereocenters. The van der Waals surface area contributed by atoms with Gasteiger partial charge in [-0.1, -0.05) is 60.7 Å². The van der Waals surface area contributed by atoms with Crippen LogP contribution in [0.25, 0.3) is 0 Å². The van der Waals surface area contributed by atoms with Crippen LogP contribution in [-0.2, 0) is 32.0 Å². The smallest absolute Gasteiger partial charge is 0.412 e. The summed E-state index contributed by atoms with van der Waals surface area (Å²) in [5.74, 6) is 0. The van der Waals surface area contributed by atoms with Gasteiger partial charge in [-0.05, 0) is 79.4 Å². The number of nitrogens with zero attached hydrogens (tertiary/aromatic N) is 3. The lowest BCUT2D eigenvalue weighted by molar-refractivity contribution is -0.0557. The van der Waals surface area contributed by atoms with Crippen molar-refractivity contribution in [2.24, 2.45) is 0 Å². The first-order valence-electron chi connectivity index (χ1n) is 15.7. The lowest BCUT2D eigenvalue weighted by Gasteiger charge is -2.38. The van der Waals surface area contributed by atoms with Crippen LogP contribution in [0, 0.1) is 0 Å². The Labute approximate surface area is 263 Å². The van der Waals surface area contributed by atoms with E-state index in [0.717, 1.165) is 0 Å². The van der Waals surface area contributed by atoms with E-state index >= 15 is 0 Å². The monoisotopic (exact) mass is 609 g/mol. The summed E-state index contributed by atoms with van der Waals surface area (Å²) in [6, 6.07) is 20.5. The van der Waals surface area contributed by atoms with E-state index in [1.807, 2.05) is 91.8 Å². The number of benzene rings is 2. The number of carbonyl (C=O) groups excluding carboxylic acids is 2. The Morgan fingerprint density at radius 2 is 1.16 bits per heavy atom. The Hall–Kier alpha value is -3.14. The molecule has 2 aromatic rings. The van der Waals surface area contributed by atoms with E-state index in [4.69, 9.17) is 18.9 Å². The van der Waals surface area contributed by atoms with Crippen molar-refractivity contribution in [1.82, 2.24) is 14.7 Å². The Morgan fingerprint density at radius 3 is 1.57 bits per heavy atom. The minimum absolute atomic E-state index is 0.129. The van der Waals surface area contributed by atoms with Crippen molar-refractivity contribution >= 4 is 12.2 Å². The van der Waals surface area contributed by atoms with Gasteiger partial charge in [-0.15, -0.1) is 0 Å². The fraction of sp³-hybridized carbons (Fsp3) is 0.600. The third-order valence-electron chi connectivity index (χ3n) is 8.49. The van der Waals surface area contributed by atoms with Crippen molar-refractivity contribution < 1.29 is 28.5 Å². The molecule has 0 unspecified atom stereocenters. The average molecular weight is 610 g/mol. The molecule has 2 aliphatic heterocycles. The predicted octanol–water partition coefficient (Wildman–Crippen LogP) is 6.80. The number of rotatable bonds is 11. The van der Waals surface area contributed by atoms with Crippen LogP contribution < -0.4 is 0 Å². The van der Waals surface area contributed by atoms with E-state index in [2.05, 4.69) is 29.2 Å². The van der Waals surface area contributed by atoms with Gasteiger partial charge >= 0.3 is 12.2 Å². The summed E-state index contributed by atoms with van der Waals surface area (Å²) in [5, 5.41) is 0. The molecule has 0 spiro atoms. The van der Waals surface area contributed by atoms with Gasteiger partial charge in [-0.2, -0.15) is 0 Å². The second-order valence-electron chi connectivity index (χ2n) is 14.1. The molecule has 0 radical (unpaired) electrons. The number of carbonyl (C=O) groups is 2. The maximum absolute atomic E-state index is 13.5. The second kappa shape index (κ2) is 13.5. The van der Waals surface area contributed by atoms with Crippen LogP contribution in [-0.4, -0.2) is 81.9 Å². The fourth-order valence-corrected chi connectivity index (χ4v) is 6.45. The van der Waals surface area contributed by atoms with Gasteiger partial charge in [-0.3, -0.25) is 14.7 Å². The van der Waals surface area contributed by atoms with Gasteiger partial charge < -0.3 is 18.9 Å². The normalized spacial score (nSPS) is 20.5. The average Bonchev–Trinajstić information content (AvgIpc) is 3.32. The Bertz CT molecular complexity index is 1170. The Balaban J connectivity index is 1.50. The van der Waals surface area contributed by atoms with Gasteiger partial charge in [0, 0.05) is 19.1 Å². The van der Waals surface area contributed by atoms with Gasteiger partial charge in [0.1, 0.15) is 18.1 Å². The van der Waals surface area contributed by atoms with Crippen molar-refractivity contribution in [1.29, 1.82) is 0 Å². The van der Waals surface area contributed by atoms with Crippen molar-refractivity contribution in [3.05, 3.63) is 71.8 Å². The van der Waals surface area contributed by atoms with E-state index in [0.29, 0.717) is 39.1 Å². The van der Waals surface area contributed by atoms with Crippen LogP contribution in [0.4, 0.5) is 9.59 Å². The first-order chi connectivity index (χ1) is 20.6. The molecule has 0 aromatic heterocycles. The van der Waals surface area contributed by atoms with Crippen molar-refractivity contribution in [2.45, 2.75) is 110 Å². The summed E-state index contributed by atoms with van der Waals surface area (Å²) < 4.78 is 23.6. The highest BCUT2D eigenvalue weighted by Crippen LogP contribution is 2.36. The second-order valence-corrected chi connectivity index (χ2v) is 14.1. The highest BCUT2D eigenvalue weighted by Gasteiger charge is 2.50. The molecule has 2 aromatic carbocycles. The highest BCUT2D eigenvalue weighted by molar-refractivity contribution is 5.70. The van der Waals surface area contributed by atoms with Crippen LogP contribution in [0.2, 0.25) is 0 Å². The van der Waals surface area contributed by atoms with Crippen molar-refractivity contribution in [2.75, 3.05) is 26.4 Å². The SMILES string of the molecule is CC1(C)COC(C)(C)N1C(=O)OCCC[C@@H](COC(=O)N1C(C)(C)COC1(C)C)N(Cc1ccccc1)Cc1ccccc1. The lowest BCUT2D eigenvalue weighted by Crippen LogP contribution is -2.53. The first-order valence-corrected chi connectivity index (χ1v) is 15.7. The van der Waals surface area contributed by atoms with E-state index in [1.54, 1.807) is 9.80 Å². The summed E-state index contributed by atoms with van der Waals surface area (Å²) in [6.45, 7) is 18.1. The minimum atomic E-state index is -0.765. The zero-order valence-corrected chi connectivity index (χ0v) is 27.8. The maximum atomic E-state index is 13.5. The zero-order valence-electron chi connectivity index (χ0n) is 27.8. The third kappa shape index (κ3) is 8.11.